The molecule has 0 unspecified atom stereocenters. The molecule has 1 saturated carbocycles. The molecule has 1 aliphatic heterocycles. The molecule has 3 rings (SSSR count). The van der Waals surface area contributed by atoms with E-state index in [2.05, 4.69) is 17.1 Å². The molecule has 29 heavy (non-hydrogen) atoms. The van der Waals surface area contributed by atoms with Gasteiger partial charge in [0.2, 0.25) is 15.9 Å². The van der Waals surface area contributed by atoms with Crippen molar-refractivity contribution in [3.8, 4) is 0 Å². The van der Waals surface area contributed by atoms with Crippen molar-refractivity contribution in [1.82, 2.24) is 14.5 Å². The molecule has 1 saturated heterocycles. The van der Waals surface area contributed by atoms with E-state index in [0.29, 0.717) is 37.0 Å². The van der Waals surface area contributed by atoms with Gasteiger partial charge in [-0.25, -0.2) is 8.42 Å². The molecule has 1 N–H and O–H groups in total. The topological polar surface area (TPSA) is 69.7 Å². The fourth-order valence-corrected chi connectivity index (χ4v) is 6.19. The average molecular weight is 422 g/mol. The number of nitrogens with zero attached hydrogens (tertiary/aromatic N) is 2. The molecule has 0 bridgehead atoms. The van der Waals surface area contributed by atoms with Crippen LogP contribution in [0.15, 0.2) is 23.1 Å². The number of carbonyl (C=O) groups excluding carboxylic acids is 1. The first kappa shape index (κ1) is 22.2. The Balaban J connectivity index is 1.59. The number of rotatable bonds is 5. The van der Waals surface area contributed by atoms with Crippen LogP contribution in [-0.4, -0.2) is 61.8 Å². The molecule has 2 fully saturated rings. The predicted molar refractivity (Wildman–Crippen MR) is 115 cm³/mol. The Bertz CT molecular complexity index is 832. The number of hydrogen-bond acceptors (Lipinski definition) is 4. The maximum atomic E-state index is 13.1. The van der Waals surface area contributed by atoms with Gasteiger partial charge in [0.1, 0.15) is 0 Å². The Hall–Kier alpha value is -1.44. The van der Waals surface area contributed by atoms with Crippen LogP contribution >= 0.6 is 0 Å². The second-order valence-electron chi connectivity index (χ2n) is 8.76. The molecule has 0 spiro atoms. The molecule has 162 valence electrons. The van der Waals surface area contributed by atoms with Crippen molar-refractivity contribution in [2.24, 2.45) is 5.92 Å². The summed E-state index contributed by atoms with van der Waals surface area (Å²) < 4.78 is 27.7. The molecule has 1 aromatic carbocycles. The van der Waals surface area contributed by atoms with E-state index in [4.69, 9.17) is 0 Å². The zero-order valence-electron chi connectivity index (χ0n) is 18.1. The van der Waals surface area contributed by atoms with Gasteiger partial charge in [-0.2, -0.15) is 4.31 Å². The normalized spacial score (nSPS) is 25.5. The first-order valence-electron chi connectivity index (χ1n) is 10.8. The first-order chi connectivity index (χ1) is 13.7. The van der Waals surface area contributed by atoms with Gasteiger partial charge < -0.3 is 5.32 Å². The van der Waals surface area contributed by atoms with Crippen LogP contribution < -0.4 is 5.32 Å². The average Bonchev–Trinajstić information content (AvgIpc) is 2.71. The summed E-state index contributed by atoms with van der Waals surface area (Å²) in [7, 11) is -3.51. The molecular weight excluding hydrogens is 386 g/mol. The highest BCUT2D eigenvalue weighted by Gasteiger charge is 2.33. The molecule has 7 heteroatoms. The van der Waals surface area contributed by atoms with Crippen molar-refractivity contribution in [2.45, 2.75) is 70.4 Å². The lowest BCUT2D eigenvalue weighted by molar-refractivity contribution is -0.127. The highest BCUT2D eigenvalue weighted by Crippen LogP contribution is 2.25. The molecule has 0 radical (unpaired) electrons. The summed E-state index contributed by atoms with van der Waals surface area (Å²) in [6, 6.07) is 5.56. The molecular formula is C22H35N3O3S. The summed E-state index contributed by atoms with van der Waals surface area (Å²) in [5.41, 5.74) is 1.71. The first-order valence-corrected chi connectivity index (χ1v) is 12.3. The van der Waals surface area contributed by atoms with Crippen molar-refractivity contribution in [3.05, 3.63) is 29.3 Å². The van der Waals surface area contributed by atoms with Crippen LogP contribution in [0.4, 0.5) is 0 Å². The molecule has 2 aliphatic rings. The van der Waals surface area contributed by atoms with Crippen molar-refractivity contribution < 1.29 is 13.2 Å². The lowest BCUT2D eigenvalue weighted by Gasteiger charge is -2.38. The van der Waals surface area contributed by atoms with Gasteiger partial charge in [0.15, 0.2) is 0 Å². The number of aryl methyl sites for hydroxylation is 2. The number of hydrogen-bond donors (Lipinski definition) is 1. The summed E-state index contributed by atoms with van der Waals surface area (Å²) >= 11 is 0. The van der Waals surface area contributed by atoms with Crippen molar-refractivity contribution >= 4 is 15.9 Å². The minimum absolute atomic E-state index is 0.0644. The number of nitrogens with one attached hydrogen (secondary N) is 1. The molecule has 0 aromatic heterocycles. The van der Waals surface area contributed by atoms with E-state index in [1.165, 1.54) is 19.3 Å². The molecule has 1 aliphatic carbocycles. The van der Waals surface area contributed by atoms with E-state index >= 15 is 0 Å². The Morgan fingerprint density at radius 3 is 2.41 bits per heavy atom. The van der Waals surface area contributed by atoms with Crippen molar-refractivity contribution in [1.29, 1.82) is 0 Å². The number of carbonyl (C=O) groups is 1. The van der Waals surface area contributed by atoms with Gasteiger partial charge in [-0.1, -0.05) is 31.9 Å². The molecule has 1 aromatic rings. The number of sulfonamides is 1. The minimum Gasteiger partial charge on any atom is -0.352 e. The molecule has 3 atom stereocenters. The highest BCUT2D eigenvalue weighted by molar-refractivity contribution is 7.89. The van der Waals surface area contributed by atoms with Gasteiger partial charge in [0.25, 0.3) is 0 Å². The minimum atomic E-state index is -3.51. The van der Waals surface area contributed by atoms with Gasteiger partial charge in [-0.05, 0) is 56.7 Å². The van der Waals surface area contributed by atoms with E-state index in [0.717, 1.165) is 17.5 Å². The van der Waals surface area contributed by atoms with Crippen molar-refractivity contribution in [2.75, 3.05) is 26.2 Å². The van der Waals surface area contributed by atoms with E-state index in [-0.39, 0.29) is 18.0 Å². The van der Waals surface area contributed by atoms with Crippen LogP contribution in [0.25, 0.3) is 0 Å². The summed E-state index contributed by atoms with van der Waals surface area (Å²) in [4.78, 5) is 15.2. The third-order valence-electron chi connectivity index (χ3n) is 6.60. The summed E-state index contributed by atoms with van der Waals surface area (Å²) in [6.07, 6.45) is 4.66. The van der Waals surface area contributed by atoms with Crippen LogP contribution in [0.5, 0.6) is 0 Å². The standard InChI is InChI=1S/C22H35N3O3S/c1-16-9-10-18(3)21(15-16)29(27,28)25-13-11-24(12-14-25)19(4)22(26)23-20-8-6-5-7-17(20)2/h9-10,15,17,19-20H,5-8,11-14H2,1-4H3,(H,23,26)/t17-,19+,20-/m0/s1. The van der Waals surface area contributed by atoms with Gasteiger partial charge >= 0.3 is 0 Å². The Morgan fingerprint density at radius 1 is 1.10 bits per heavy atom. The Morgan fingerprint density at radius 2 is 1.76 bits per heavy atom. The van der Waals surface area contributed by atoms with Crippen LogP contribution in [0, 0.1) is 19.8 Å². The largest absolute Gasteiger partial charge is 0.352 e. The van der Waals surface area contributed by atoms with Gasteiger partial charge in [-0.3, -0.25) is 9.69 Å². The zero-order valence-corrected chi connectivity index (χ0v) is 19.0. The summed E-state index contributed by atoms with van der Waals surface area (Å²) in [6.45, 7) is 9.84. The van der Waals surface area contributed by atoms with E-state index < -0.39 is 10.0 Å². The number of amides is 1. The third kappa shape index (κ3) is 5.01. The van der Waals surface area contributed by atoms with Gasteiger partial charge in [-0.15, -0.1) is 0 Å². The van der Waals surface area contributed by atoms with E-state index in [1.807, 2.05) is 32.9 Å². The predicted octanol–water partition coefficient (Wildman–Crippen LogP) is 2.69. The van der Waals surface area contributed by atoms with Crippen LogP contribution in [0.1, 0.15) is 50.7 Å². The Kier molecular flexibility index (Phi) is 7.02. The van der Waals surface area contributed by atoms with Gasteiger partial charge in [0, 0.05) is 32.2 Å². The van der Waals surface area contributed by atoms with Crippen LogP contribution in [0.2, 0.25) is 0 Å². The second-order valence-corrected chi connectivity index (χ2v) is 10.7. The Labute approximate surface area is 175 Å². The fourth-order valence-electron chi connectivity index (χ4n) is 4.46. The SMILES string of the molecule is Cc1ccc(C)c(S(=O)(=O)N2CCN([C@H](C)C(=O)N[C@H]3CCCC[C@@H]3C)CC2)c1. The molecule has 1 amide bonds. The molecule has 6 nitrogen and oxygen atoms in total. The zero-order chi connectivity index (χ0) is 21.2. The lowest BCUT2D eigenvalue weighted by atomic mass is 9.86. The van der Waals surface area contributed by atoms with E-state index in [9.17, 15) is 13.2 Å². The fraction of sp³-hybridized carbons (Fsp3) is 0.682. The highest BCUT2D eigenvalue weighted by atomic mass is 32.2. The third-order valence-corrected chi connectivity index (χ3v) is 8.64. The van der Waals surface area contributed by atoms with Crippen LogP contribution in [0.3, 0.4) is 0 Å². The van der Waals surface area contributed by atoms with E-state index in [1.54, 1.807) is 10.4 Å². The quantitative estimate of drug-likeness (QED) is 0.794. The molecule has 1 heterocycles. The second kappa shape index (κ2) is 9.14. The number of piperazine rings is 1. The summed E-state index contributed by atoms with van der Waals surface area (Å²) in [5, 5.41) is 3.23. The summed E-state index contributed by atoms with van der Waals surface area (Å²) in [5.74, 6) is 0.592. The number of benzene rings is 1. The maximum Gasteiger partial charge on any atom is 0.243 e. The monoisotopic (exact) mass is 421 g/mol. The lowest BCUT2D eigenvalue weighted by Crippen LogP contribution is -2.56. The van der Waals surface area contributed by atoms with Gasteiger partial charge in [0.05, 0.1) is 10.9 Å². The van der Waals surface area contributed by atoms with Crippen LogP contribution in [-0.2, 0) is 14.8 Å². The maximum absolute atomic E-state index is 13.1. The van der Waals surface area contributed by atoms with Crippen molar-refractivity contribution in [3.63, 3.8) is 0 Å². The smallest absolute Gasteiger partial charge is 0.243 e.